The molecule has 0 fully saturated rings. The van der Waals surface area contributed by atoms with Crippen LogP contribution >= 0.6 is 0 Å². The van der Waals surface area contributed by atoms with Crippen molar-refractivity contribution in [3.8, 4) is 11.4 Å². The summed E-state index contributed by atoms with van der Waals surface area (Å²) in [6.45, 7) is 1.83. The van der Waals surface area contributed by atoms with E-state index >= 15 is 0 Å². The number of ether oxygens (including phenoxy) is 1. The first-order chi connectivity index (χ1) is 8.61. The number of hydrogen-bond acceptors (Lipinski definition) is 3. The number of hydrogen-bond donors (Lipinski definition) is 1. The Morgan fingerprint density at radius 3 is 2.83 bits per heavy atom. The summed E-state index contributed by atoms with van der Waals surface area (Å²) in [5.41, 5.74) is 1.38. The first-order valence-electron chi connectivity index (χ1n) is 5.52. The van der Waals surface area contributed by atoms with E-state index in [0.717, 1.165) is 17.3 Å². The van der Waals surface area contributed by atoms with Gasteiger partial charge >= 0.3 is 5.97 Å². The van der Waals surface area contributed by atoms with Crippen molar-refractivity contribution in [2.45, 2.75) is 13.3 Å². The Hall–Kier alpha value is -2.30. The Bertz CT molecular complexity index is 575. The molecule has 5 nitrogen and oxygen atoms in total. The van der Waals surface area contributed by atoms with Crippen molar-refractivity contribution in [1.29, 1.82) is 0 Å². The van der Waals surface area contributed by atoms with E-state index in [1.165, 1.54) is 0 Å². The van der Waals surface area contributed by atoms with Crippen LogP contribution in [0.2, 0.25) is 0 Å². The average Bonchev–Trinajstić information content (AvgIpc) is 2.69. The van der Waals surface area contributed by atoms with E-state index in [4.69, 9.17) is 9.84 Å². The van der Waals surface area contributed by atoms with Crippen LogP contribution in [0, 0.1) is 6.92 Å². The van der Waals surface area contributed by atoms with Crippen LogP contribution < -0.4 is 4.74 Å². The molecule has 0 aliphatic rings. The Balaban J connectivity index is 2.44. The molecule has 2 rings (SSSR count). The third-order valence-corrected chi connectivity index (χ3v) is 2.61. The van der Waals surface area contributed by atoms with Crippen molar-refractivity contribution in [3.63, 3.8) is 0 Å². The number of rotatable bonds is 4. The van der Waals surface area contributed by atoms with Crippen LogP contribution in [0.15, 0.2) is 30.5 Å². The van der Waals surface area contributed by atoms with E-state index in [9.17, 15) is 4.79 Å². The zero-order valence-corrected chi connectivity index (χ0v) is 10.3. The van der Waals surface area contributed by atoms with E-state index in [-0.39, 0.29) is 6.42 Å². The molecule has 1 aromatic heterocycles. The fourth-order valence-electron chi connectivity index (χ4n) is 1.85. The van der Waals surface area contributed by atoms with Gasteiger partial charge in [0.2, 0.25) is 0 Å². The van der Waals surface area contributed by atoms with Crippen LogP contribution in [0.1, 0.15) is 11.5 Å². The summed E-state index contributed by atoms with van der Waals surface area (Å²) in [5, 5.41) is 8.76. The Morgan fingerprint density at radius 2 is 2.17 bits per heavy atom. The fraction of sp³-hybridized carbons (Fsp3) is 0.231. The highest BCUT2D eigenvalue weighted by Crippen LogP contribution is 2.23. The van der Waals surface area contributed by atoms with Gasteiger partial charge in [0.1, 0.15) is 11.6 Å². The molecule has 2 aromatic rings. The second-order valence-corrected chi connectivity index (χ2v) is 3.89. The molecule has 0 unspecified atom stereocenters. The van der Waals surface area contributed by atoms with Crippen LogP contribution in [0.3, 0.4) is 0 Å². The molecule has 0 spiro atoms. The maximum absolute atomic E-state index is 10.7. The number of aromatic nitrogens is 2. The summed E-state index contributed by atoms with van der Waals surface area (Å²) in [5.74, 6) is 0.565. The summed E-state index contributed by atoms with van der Waals surface area (Å²) in [4.78, 5) is 14.9. The topological polar surface area (TPSA) is 64.3 Å². The number of aliphatic carboxylic acids is 1. The second-order valence-electron chi connectivity index (χ2n) is 3.89. The predicted molar refractivity (Wildman–Crippen MR) is 66.2 cm³/mol. The molecule has 0 radical (unpaired) electrons. The molecule has 0 saturated carbocycles. The molecule has 1 aromatic carbocycles. The van der Waals surface area contributed by atoms with Crippen molar-refractivity contribution in [3.05, 3.63) is 42.0 Å². The normalized spacial score (nSPS) is 10.3. The molecule has 94 valence electrons. The highest BCUT2D eigenvalue weighted by Gasteiger charge is 2.11. The molecule has 5 heteroatoms. The lowest BCUT2D eigenvalue weighted by molar-refractivity contribution is -0.136. The Kier molecular flexibility index (Phi) is 3.32. The molecule has 0 bridgehead atoms. The Morgan fingerprint density at radius 1 is 1.44 bits per heavy atom. The largest absolute Gasteiger partial charge is 0.495 e. The van der Waals surface area contributed by atoms with Gasteiger partial charge in [-0.2, -0.15) is 0 Å². The maximum atomic E-state index is 10.7. The number of carboxylic acid groups (broad SMARTS) is 1. The van der Waals surface area contributed by atoms with Crippen LogP contribution in [0.4, 0.5) is 0 Å². The summed E-state index contributed by atoms with van der Waals surface area (Å²) in [6, 6.07) is 7.53. The van der Waals surface area contributed by atoms with E-state index in [1.807, 2.05) is 35.8 Å². The molecule has 0 atom stereocenters. The number of carbonyl (C=O) groups is 1. The summed E-state index contributed by atoms with van der Waals surface area (Å²) < 4.78 is 7.11. The number of para-hydroxylation sites is 2. The first-order valence-corrected chi connectivity index (χ1v) is 5.52. The van der Waals surface area contributed by atoms with Gasteiger partial charge in [-0.15, -0.1) is 0 Å². The molecule has 0 amide bonds. The zero-order valence-electron chi connectivity index (χ0n) is 10.3. The van der Waals surface area contributed by atoms with Crippen LogP contribution in [-0.4, -0.2) is 27.7 Å². The number of benzene rings is 1. The number of methoxy groups -OCH3 is 1. The van der Waals surface area contributed by atoms with Gasteiger partial charge in [0.25, 0.3) is 0 Å². The lowest BCUT2D eigenvalue weighted by atomic mass is 10.3. The lowest BCUT2D eigenvalue weighted by Gasteiger charge is -2.09. The zero-order chi connectivity index (χ0) is 13.1. The second kappa shape index (κ2) is 4.91. The minimum Gasteiger partial charge on any atom is -0.495 e. The number of imidazole rings is 1. The number of carboxylic acids is 1. The lowest BCUT2D eigenvalue weighted by Crippen LogP contribution is -2.00. The van der Waals surface area contributed by atoms with E-state index in [2.05, 4.69) is 4.98 Å². The van der Waals surface area contributed by atoms with Crippen molar-refractivity contribution < 1.29 is 14.6 Å². The molecule has 0 saturated heterocycles. The monoisotopic (exact) mass is 246 g/mol. The minimum atomic E-state index is -0.889. The van der Waals surface area contributed by atoms with Gasteiger partial charge in [-0.05, 0) is 19.1 Å². The maximum Gasteiger partial charge on any atom is 0.309 e. The molecular formula is C13H14N2O3. The van der Waals surface area contributed by atoms with Crippen molar-refractivity contribution in [2.75, 3.05) is 7.11 Å². The highest BCUT2D eigenvalue weighted by molar-refractivity contribution is 5.69. The van der Waals surface area contributed by atoms with Gasteiger partial charge in [-0.25, -0.2) is 4.98 Å². The summed E-state index contributed by atoms with van der Waals surface area (Å²) in [6.07, 6.45) is 1.64. The predicted octanol–water partition coefficient (Wildman–Crippen LogP) is 1.82. The molecular weight excluding hydrogens is 232 g/mol. The molecule has 1 N–H and O–H groups in total. The van der Waals surface area contributed by atoms with Crippen LogP contribution in [-0.2, 0) is 11.2 Å². The van der Waals surface area contributed by atoms with E-state index in [0.29, 0.717) is 5.69 Å². The van der Waals surface area contributed by atoms with E-state index in [1.54, 1.807) is 13.3 Å². The minimum absolute atomic E-state index is 0.0804. The van der Waals surface area contributed by atoms with Crippen molar-refractivity contribution in [2.24, 2.45) is 0 Å². The summed E-state index contributed by atoms with van der Waals surface area (Å²) in [7, 11) is 1.60. The van der Waals surface area contributed by atoms with Gasteiger partial charge in [0, 0.05) is 6.20 Å². The van der Waals surface area contributed by atoms with Gasteiger partial charge in [0.15, 0.2) is 0 Å². The molecule has 0 aliphatic heterocycles. The standard InChI is InChI=1S/C13H14N2O3/c1-9-14-10(7-13(16)17)8-15(9)11-5-3-4-6-12(11)18-2/h3-6,8H,7H2,1-2H3,(H,16,17). The van der Waals surface area contributed by atoms with E-state index < -0.39 is 5.97 Å². The average molecular weight is 246 g/mol. The third kappa shape index (κ3) is 2.34. The Labute approximate surface area is 105 Å². The van der Waals surface area contributed by atoms with Gasteiger partial charge < -0.3 is 14.4 Å². The van der Waals surface area contributed by atoms with Crippen molar-refractivity contribution >= 4 is 5.97 Å². The number of nitrogens with zero attached hydrogens (tertiary/aromatic N) is 2. The SMILES string of the molecule is COc1ccccc1-n1cc(CC(=O)O)nc1C. The van der Waals surface area contributed by atoms with Gasteiger partial charge in [-0.3, -0.25) is 4.79 Å². The number of aryl methyl sites for hydroxylation is 1. The third-order valence-electron chi connectivity index (χ3n) is 2.61. The quantitative estimate of drug-likeness (QED) is 0.893. The fourth-order valence-corrected chi connectivity index (χ4v) is 1.85. The molecule has 18 heavy (non-hydrogen) atoms. The first kappa shape index (κ1) is 12.2. The van der Waals surface area contributed by atoms with Crippen molar-refractivity contribution in [1.82, 2.24) is 9.55 Å². The highest BCUT2D eigenvalue weighted by atomic mass is 16.5. The molecule has 1 heterocycles. The van der Waals surface area contributed by atoms with Crippen LogP contribution in [0.25, 0.3) is 5.69 Å². The van der Waals surface area contributed by atoms with Crippen LogP contribution in [0.5, 0.6) is 5.75 Å². The smallest absolute Gasteiger partial charge is 0.309 e. The van der Waals surface area contributed by atoms with Gasteiger partial charge in [0.05, 0.1) is 24.9 Å². The van der Waals surface area contributed by atoms with Gasteiger partial charge in [-0.1, -0.05) is 12.1 Å². The summed E-state index contributed by atoms with van der Waals surface area (Å²) >= 11 is 0. The molecule has 0 aliphatic carbocycles.